The third kappa shape index (κ3) is 5.77. The van der Waals surface area contributed by atoms with E-state index in [-0.39, 0.29) is 16.1 Å². The summed E-state index contributed by atoms with van der Waals surface area (Å²) in [5.74, 6) is -0.628. The molecular weight excluding hydrogens is 454 g/mol. The quantitative estimate of drug-likeness (QED) is 0.279. The van der Waals surface area contributed by atoms with Crippen molar-refractivity contribution < 1.29 is 28.7 Å². The molecule has 0 bridgehead atoms. The SMILES string of the molecule is COc1ccc(OC)c(NC(=O)COC(=O)c2ccc(Sc3nncn3C)c([N+](=O)[O-])c2)c1. The van der Waals surface area contributed by atoms with Gasteiger partial charge < -0.3 is 24.1 Å². The van der Waals surface area contributed by atoms with E-state index in [9.17, 15) is 19.7 Å². The number of aryl methyl sites for hydroxylation is 1. The van der Waals surface area contributed by atoms with Gasteiger partial charge in [-0.2, -0.15) is 0 Å². The molecule has 1 amide bonds. The molecule has 1 heterocycles. The van der Waals surface area contributed by atoms with Crippen molar-refractivity contribution in [2.45, 2.75) is 10.1 Å². The summed E-state index contributed by atoms with van der Waals surface area (Å²) in [6.07, 6.45) is 1.46. The summed E-state index contributed by atoms with van der Waals surface area (Å²) in [4.78, 5) is 35.8. The van der Waals surface area contributed by atoms with Gasteiger partial charge in [0, 0.05) is 19.2 Å². The first-order valence-corrected chi connectivity index (χ1v) is 10.1. The molecule has 0 fully saturated rings. The number of carbonyl (C=O) groups excluding carboxylic acids is 2. The second kappa shape index (κ2) is 10.5. The Bertz CT molecular complexity index is 1200. The number of hydrogen-bond donors (Lipinski definition) is 1. The minimum atomic E-state index is -0.888. The van der Waals surface area contributed by atoms with Crippen LogP contribution < -0.4 is 14.8 Å². The molecule has 2 aromatic carbocycles. The summed E-state index contributed by atoms with van der Waals surface area (Å²) in [5, 5.41) is 22.1. The Morgan fingerprint density at radius 3 is 2.61 bits per heavy atom. The fourth-order valence-corrected chi connectivity index (χ4v) is 3.50. The molecule has 1 N–H and O–H groups in total. The molecule has 0 aliphatic carbocycles. The number of aromatic nitrogens is 3. The van der Waals surface area contributed by atoms with Crippen LogP contribution in [0.3, 0.4) is 0 Å². The summed E-state index contributed by atoms with van der Waals surface area (Å²) in [6, 6.07) is 8.69. The number of hydrogen-bond acceptors (Lipinski definition) is 10. The predicted molar refractivity (Wildman–Crippen MR) is 117 cm³/mol. The topological polar surface area (TPSA) is 148 Å². The Morgan fingerprint density at radius 1 is 1.18 bits per heavy atom. The number of rotatable bonds is 9. The fourth-order valence-electron chi connectivity index (χ4n) is 2.65. The highest BCUT2D eigenvalue weighted by Gasteiger charge is 2.21. The van der Waals surface area contributed by atoms with Gasteiger partial charge in [-0.25, -0.2) is 4.79 Å². The summed E-state index contributed by atoms with van der Waals surface area (Å²) in [5.41, 5.74) is -0.0440. The van der Waals surface area contributed by atoms with Crippen LogP contribution in [0.5, 0.6) is 11.5 Å². The fraction of sp³-hybridized carbons (Fsp3) is 0.200. The molecule has 0 radical (unpaired) electrons. The van der Waals surface area contributed by atoms with Gasteiger partial charge in [0.25, 0.3) is 11.6 Å². The first kappa shape index (κ1) is 23.5. The maximum Gasteiger partial charge on any atom is 0.338 e. The van der Waals surface area contributed by atoms with E-state index in [1.807, 2.05) is 0 Å². The largest absolute Gasteiger partial charge is 0.497 e. The molecule has 0 saturated carbocycles. The highest BCUT2D eigenvalue weighted by molar-refractivity contribution is 7.99. The molecule has 1 aromatic heterocycles. The lowest BCUT2D eigenvalue weighted by Gasteiger charge is -2.12. The van der Waals surface area contributed by atoms with Gasteiger partial charge in [-0.05, 0) is 36.0 Å². The Morgan fingerprint density at radius 2 is 1.97 bits per heavy atom. The van der Waals surface area contributed by atoms with Gasteiger partial charge in [-0.3, -0.25) is 14.9 Å². The van der Waals surface area contributed by atoms with Crippen LogP contribution in [0.15, 0.2) is 52.8 Å². The van der Waals surface area contributed by atoms with E-state index in [1.165, 1.54) is 32.7 Å². The predicted octanol–water partition coefficient (Wildman–Crippen LogP) is 2.69. The van der Waals surface area contributed by atoms with E-state index in [0.29, 0.717) is 22.3 Å². The lowest BCUT2D eigenvalue weighted by atomic mass is 10.2. The van der Waals surface area contributed by atoms with Crippen molar-refractivity contribution in [2.75, 3.05) is 26.1 Å². The van der Waals surface area contributed by atoms with Crippen molar-refractivity contribution in [1.82, 2.24) is 14.8 Å². The van der Waals surface area contributed by atoms with E-state index in [2.05, 4.69) is 15.5 Å². The number of nitro benzene ring substituents is 1. The van der Waals surface area contributed by atoms with Crippen molar-refractivity contribution in [2.24, 2.45) is 7.05 Å². The minimum absolute atomic E-state index is 0.0734. The third-order valence-corrected chi connectivity index (χ3v) is 5.39. The van der Waals surface area contributed by atoms with Gasteiger partial charge in [0.1, 0.15) is 17.8 Å². The van der Waals surface area contributed by atoms with Crippen molar-refractivity contribution in [1.29, 1.82) is 0 Å². The lowest BCUT2D eigenvalue weighted by molar-refractivity contribution is -0.387. The van der Waals surface area contributed by atoms with Crippen LogP contribution in [0.1, 0.15) is 10.4 Å². The van der Waals surface area contributed by atoms with E-state index >= 15 is 0 Å². The number of nitrogens with one attached hydrogen (secondary N) is 1. The molecule has 0 aliphatic heterocycles. The molecule has 33 heavy (non-hydrogen) atoms. The molecule has 172 valence electrons. The Balaban J connectivity index is 1.68. The number of nitrogens with zero attached hydrogens (tertiary/aromatic N) is 4. The molecule has 0 aliphatic rings. The number of methoxy groups -OCH3 is 2. The first-order valence-electron chi connectivity index (χ1n) is 9.31. The summed E-state index contributed by atoms with van der Waals surface area (Å²) >= 11 is 1.03. The zero-order valence-electron chi connectivity index (χ0n) is 17.8. The lowest BCUT2D eigenvalue weighted by Crippen LogP contribution is -2.21. The number of benzene rings is 2. The van der Waals surface area contributed by atoms with Crippen LogP contribution in [0, 0.1) is 10.1 Å². The average Bonchev–Trinajstić information content (AvgIpc) is 3.21. The van der Waals surface area contributed by atoms with Crippen LogP contribution in [-0.4, -0.2) is 52.4 Å². The molecule has 0 saturated heterocycles. The Labute approximate surface area is 192 Å². The normalized spacial score (nSPS) is 10.4. The van der Waals surface area contributed by atoms with Gasteiger partial charge in [0.05, 0.1) is 35.3 Å². The Kier molecular flexibility index (Phi) is 7.46. The zero-order valence-corrected chi connectivity index (χ0v) is 18.6. The molecule has 0 unspecified atom stereocenters. The van der Waals surface area contributed by atoms with Gasteiger partial charge in [-0.15, -0.1) is 10.2 Å². The molecule has 3 aromatic rings. The molecule has 12 nitrogen and oxygen atoms in total. The van der Waals surface area contributed by atoms with E-state index in [4.69, 9.17) is 14.2 Å². The van der Waals surface area contributed by atoms with Crippen LogP contribution in [-0.2, 0) is 16.6 Å². The van der Waals surface area contributed by atoms with E-state index in [1.54, 1.807) is 29.8 Å². The van der Waals surface area contributed by atoms with E-state index < -0.39 is 23.4 Å². The number of carbonyl (C=O) groups is 2. The van der Waals surface area contributed by atoms with Gasteiger partial charge in [-0.1, -0.05) is 0 Å². The summed E-state index contributed by atoms with van der Waals surface area (Å²) < 4.78 is 16.9. The highest BCUT2D eigenvalue weighted by Crippen LogP contribution is 2.34. The smallest absolute Gasteiger partial charge is 0.338 e. The number of ether oxygens (including phenoxy) is 3. The van der Waals surface area contributed by atoms with Crippen LogP contribution in [0.2, 0.25) is 0 Å². The average molecular weight is 473 g/mol. The second-order valence-electron chi connectivity index (χ2n) is 6.46. The summed E-state index contributed by atoms with van der Waals surface area (Å²) in [7, 11) is 4.62. The van der Waals surface area contributed by atoms with Gasteiger partial charge >= 0.3 is 5.97 Å². The molecular formula is C20H19N5O7S. The number of anilines is 1. The highest BCUT2D eigenvalue weighted by atomic mass is 32.2. The zero-order chi connectivity index (χ0) is 24.0. The van der Waals surface area contributed by atoms with Crippen LogP contribution >= 0.6 is 11.8 Å². The number of esters is 1. The van der Waals surface area contributed by atoms with Crippen molar-refractivity contribution in [3.63, 3.8) is 0 Å². The molecule has 3 rings (SSSR count). The van der Waals surface area contributed by atoms with Crippen LogP contribution in [0.25, 0.3) is 0 Å². The third-order valence-electron chi connectivity index (χ3n) is 4.28. The van der Waals surface area contributed by atoms with Crippen LogP contribution in [0.4, 0.5) is 11.4 Å². The standard InChI is InChI=1S/C20H19N5O7S/c1-24-11-21-23-20(24)33-17-7-4-12(8-15(17)25(28)29)19(27)32-10-18(26)22-14-9-13(30-2)5-6-16(14)31-3/h4-9,11H,10H2,1-3H3,(H,22,26). The van der Waals surface area contributed by atoms with Gasteiger partial charge in [0.15, 0.2) is 11.8 Å². The van der Waals surface area contributed by atoms with Crippen molar-refractivity contribution >= 4 is 35.0 Å². The number of nitro groups is 1. The number of amides is 1. The molecule has 0 spiro atoms. The molecule has 13 heteroatoms. The maximum absolute atomic E-state index is 12.4. The van der Waals surface area contributed by atoms with Crippen molar-refractivity contribution in [3.8, 4) is 11.5 Å². The maximum atomic E-state index is 12.4. The molecule has 0 atom stereocenters. The minimum Gasteiger partial charge on any atom is -0.497 e. The van der Waals surface area contributed by atoms with E-state index in [0.717, 1.165) is 17.8 Å². The Hall–Kier alpha value is -4.13. The summed E-state index contributed by atoms with van der Waals surface area (Å²) in [6.45, 7) is -0.609. The second-order valence-corrected chi connectivity index (χ2v) is 7.47. The first-order chi connectivity index (χ1) is 15.8. The van der Waals surface area contributed by atoms with Gasteiger partial charge in [0.2, 0.25) is 0 Å². The van der Waals surface area contributed by atoms with Crippen molar-refractivity contribution in [3.05, 3.63) is 58.4 Å². The monoisotopic (exact) mass is 473 g/mol.